The van der Waals surface area contributed by atoms with Crippen LogP contribution < -0.4 is 5.32 Å². The first-order valence-electron chi connectivity index (χ1n) is 5.28. The molecule has 0 amide bonds. The van der Waals surface area contributed by atoms with Gasteiger partial charge in [-0.1, -0.05) is 6.07 Å². The summed E-state index contributed by atoms with van der Waals surface area (Å²) in [5.41, 5.74) is 0.0413. The van der Waals surface area contributed by atoms with Crippen LogP contribution in [-0.4, -0.2) is 13.7 Å². The molecule has 1 aliphatic heterocycles. The molecule has 1 atom stereocenters. The Kier molecular flexibility index (Phi) is 3.38. The van der Waals surface area contributed by atoms with E-state index in [1.807, 2.05) is 6.08 Å². The highest BCUT2D eigenvalue weighted by Crippen LogP contribution is 2.29. The largest absolute Gasteiger partial charge is 0.496 e. The molecule has 0 saturated carbocycles. The van der Waals surface area contributed by atoms with Gasteiger partial charge in [0.15, 0.2) is 17.5 Å². The predicted molar refractivity (Wildman–Crippen MR) is 56.8 cm³/mol. The number of rotatable bonds is 3. The summed E-state index contributed by atoms with van der Waals surface area (Å²) < 4.78 is 44.9. The molecule has 2 rings (SSSR count). The minimum atomic E-state index is -1.46. The Balaban J connectivity index is 2.41. The van der Waals surface area contributed by atoms with Crippen molar-refractivity contribution in [3.05, 3.63) is 47.0 Å². The van der Waals surface area contributed by atoms with E-state index in [1.54, 1.807) is 7.05 Å². The Morgan fingerprint density at radius 1 is 1.24 bits per heavy atom. The molecule has 1 heterocycles. The molecule has 1 unspecified atom stereocenters. The summed E-state index contributed by atoms with van der Waals surface area (Å²) in [6, 6.07) is 1.54. The van der Waals surface area contributed by atoms with Crippen LogP contribution in [0.3, 0.4) is 0 Å². The number of halogens is 3. The minimum Gasteiger partial charge on any atom is -0.496 e. The summed E-state index contributed by atoms with van der Waals surface area (Å²) in [5, 5.41) is 2.83. The van der Waals surface area contributed by atoms with Gasteiger partial charge in [0, 0.05) is 12.0 Å². The van der Waals surface area contributed by atoms with Gasteiger partial charge in [-0.05, 0) is 19.2 Å². The second-order valence-electron chi connectivity index (χ2n) is 3.73. The summed E-state index contributed by atoms with van der Waals surface area (Å²) in [5.74, 6) is -3.29. The number of benzene rings is 1. The van der Waals surface area contributed by atoms with E-state index in [4.69, 9.17) is 4.74 Å². The normalized spacial score (nSPS) is 16.6. The second kappa shape index (κ2) is 4.79. The minimum absolute atomic E-state index is 0.0413. The molecule has 1 aliphatic rings. The van der Waals surface area contributed by atoms with Gasteiger partial charge in [0.2, 0.25) is 0 Å². The zero-order valence-corrected chi connectivity index (χ0v) is 9.27. The summed E-state index contributed by atoms with van der Waals surface area (Å²) >= 11 is 0. The van der Waals surface area contributed by atoms with Crippen molar-refractivity contribution in [3.63, 3.8) is 0 Å². The van der Waals surface area contributed by atoms with Gasteiger partial charge < -0.3 is 10.1 Å². The van der Waals surface area contributed by atoms with Gasteiger partial charge in [0.25, 0.3) is 0 Å². The number of hydrogen-bond donors (Lipinski definition) is 1. The third-order valence-corrected chi connectivity index (χ3v) is 2.68. The zero-order chi connectivity index (χ0) is 12.4. The van der Waals surface area contributed by atoms with Crippen molar-refractivity contribution in [1.82, 2.24) is 5.32 Å². The Morgan fingerprint density at radius 2 is 2.00 bits per heavy atom. The molecule has 17 heavy (non-hydrogen) atoms. The van der Waals surface area contributed by atoms with Crippen molar-refractivity contribution in [2.24, 2.45) is 0 Å². The first-order valence-corrected chi connectivity index (χ1v) is 5.28. The molecule has 92 valence electrons. The molecule has 1 N–H and O–H groups in total. The van der Waals surface area contributed by atoms with Gasteiger partial charge in [0.05, 0.1) is 12.6 Å². The van der Waals surface area contributed by atoms with Crippen LogP contribution in [0.1, 0.15) is 18.0 Å². The fraction of sp³-hybridized carbons (Fsp3) is 0.333. The van der Waals surface area contributed by atoms with Crippen LogP contribution in [0, 0.1) is 17.5 Å². The third-order valence-electron chi connectivity index (χ3n) is 2.68. The highest BCUT2D eigenvalue weighted by atomic mass is 19.2. The number of nitrogens with one attached hydrogen (secondary N) is 1. The van der Waals surface area contributed by atoms with Crippen LogP contribution in [-0.2, 0) is 4.74 Å². The van der Waals surface area contributed by atoms with Gasteiger partial charge in [-0.2, -0.15) is 0 Å². The maximum absolute atomic E-state index is 13.6. The van der Waals surface area contributed by atoms with Crippen LogP contribution in [0.25, 0.3) is 0 Å². The lowest BCUT2D eigenvalue weighted by molar-refractivity contribution is 0.216. The maximum atomic E-state index is 13.6. The predicted octanol–water partition coefficient (Wildman–Crippen LogP) is 2.67. The highest BCUT2D eigenvalue weighted by molar-refractivity contribution is 5.29. The van der Waals surface area contributed by atoms with E-state index in [2.05, 4.69) is 5.32 Å². The van der Waals surface area contributed by atoms with Gasteiger partial charge in [-0.15, -0.1) is 0 Å². The van der Waals surface area contributed by atoms with Crippen molar-refractivity contribution in [2.45, 2.75) is 12.5 Å². The van der Waals surface area contributed by atoms with Crippen LogP contribution in [0.4, 0.5) is 13.2 Å². The standard InChI is InChI=1S/C12H12F3NO/c1-16-12(9-3-2-6-17-9)7-4-5-8(13)11(15)10(7)14/h3-5,12,16H,2,6H2,1H3. The lowest BCUT2D eigenvalue weighted by Gasteiger charge is -2.18. The number of likely N-dealkylation sites (N-methyl/N-ethyl adjacent to an activating group) is 1. The Hall–Kier alpha value is -1.49. The van der Waals surface area contributed by atoms with Crippen molar-refractivity contribution in [2.75, 3.05) is 13.7 Å². The molecule has 0 bridgehead atoms. The van der Waals surface area contributed by atoms with Crippen molar-refractivity contribution in [3.8, 4) is 0 Å². The molecule has 0 saturated heterocycles. The van der Waals surface area contributed by atoms with Crippen molar-refractivity contribution < 1.29 is 17.9 Å². The molecule has 0 spiro atoms. The van der Waals surface area contributed by atoms with E-state index in [0.717, 1.165) is 12.5 Å². The van der Waals surface area contributed by atoms with E-state index in [1.165, 1.54) is 6.07 Å². The summed E-state index contributed by atoms with van der Waals surface area (Å²) in [6.07, 6.45) is 2.54. The molecule has 1 aromatic carbocycles. The maximum Gasteiger partial charge on any atom is 0.194 e. The van der Waals surface area contributed by atoms with E-state index >= 15 is 0 Å². The van der Waals surface area contributed by atoms with Crippen molar-refractivity contribution >= 4 is 0 Å². The van der Waals surface area contributed by atoms with E-state index in [-0.39, 0.29) is 5.56 Å². The molecule has 1 aromatic rings. The van der Waals surface area contributed by atoms with Gasteiger partial charge in [-0.3, -0.25) is 0 Å². The highest BCUT2D eigenvalue weighted by Gasteiger charge is 2.25. The fourth-order valence-corrected chi connectivity index (χ4v) is 1.85. The quantitative estimate of drug-likeness (QED) is 0.824. The first-order chi connectivity index (χ1) is 8.15. The lowest BCUT2D eigenvalue weighted by Crippen LogP contribution is -2.21. The van der Waals surface area contributed by atoms with Crippen LogP contribution >= 0.6 is 0 Å². The number of hydrogen-bond acceptors (Lipinski definition) is 2. The van der Waals surface area contributed by atoms with Gasteiger partial charge in [-0.25, -0.2) is 13.2 Å². The first kappa shape index (κ1) is 12.0. The second-order valence-corrected chi connectivity index (χ2v) is 3.73. The molecule has 0 fully saturated rings. The van der Waals surface area contributed by atoms with Gasteiger partial charge in [0.1, 0.15) is 5.76 Å². The van der Waals surface area contributed by atoms with E-state index in [0.29, 0.717) is 12.4 Å². The van der Waals surface area contributed by atoms with Crippen LogP contribution in [0.2, 0.25) is 0 Å². The molecule has 0 radical (unpaired) electrons. The molecular weight excluding hydrogens is 231 g/mol. The Labute approximate surface area is 97.1 Å². The Morgan fingerprint density at radius 3 is 2.59 bits per heavy atom. The van der Waals surface area contributed by atoms with Crippen LogP contribution in [0.5, 0.6) is 0 Å². The third kappa shape index (κ3) is 2.15. The van der Waals surface area contributed by atoms with E-state index < -0.39 is 23.5 Å². The molecule has 2 nitrogen and oxygen atoms in total. The molecule has 0 aliphatic carbocycles. The molecular formula is C12H12F3NO. The van der Waals surface area contributed by atoms with Gasteiger partial charge >= 0.3 is 0 Å². The van der Waals surface area contributed by atoms with Crippen LogP contribution in [0.15, 0.2) is 24.0 Å². The monoisotopic (exact) mass is 243 g/mol. The SMILES string of the molecule is CNC(C1=CCCO1)c1ccc(F)c(F)c1F. The van der Waals surface area contributed by atoms with Crippen molar-refractivity contribution in [1.29, 1.82) is 0 Å². The summed E-state index contributed by atoms with van der Waals surface area (Å²) in [7, 11) is 1.61. The average molecular weight is 243 g/mol. The Bertz CT molecular complexity index is 459. The zero-order valence-electron chi connectivity index (χ0n) is 9.27. The molecule has 0 aromatic heterocycles. The smallest absolute Gasteiger partial charge is 0.194 e. The average Bonchev–Trinajstić information content (AvgIpc) is 2.84. The van der Waals surface area contributed by atoms with E-state index in [9.17, 15) is 13.2 Å². The fourth-order valence-electron chi connectivity index (χ4n) is 1.85. The number of ether oxygens (including phenoxy) is 1. The lowest BCUT2D eigenvalue weighted by atomic mass is 10.0. The summed E-state index contributed by atoms with van der Waals surface area (Å²) in [4.78, 5) is 0. The molecule has 5 heteroatoms. The topological polar surface area (TPSA) is 21.3 Å². The summed E-state index contributed by atoms with van der Waals surface area (Å²) in [6.45, 7) is 0.527.